The smallest absolute Gasteiger partial charge is 0.0640 e. The van der Waals surface area contributed by atoms with E-state index in [4.69, 9.17) is 11.0 Å². The molecule has 0 fully saturated rings. The Balaban J connectivity index is 2.17. The summed E-state index contributed by atoms with van der Waals surface area (Å²) in [6, 6.07) is 14.4. The van der Waals surface area contributed by atoms with E-state index < -0.39 is 0 Å². The number of hydrogen-bond donors (Lipinski definition) is 1. The van der Waals surface area contributed by atoms with Crippen molar-refractivity contribution in [3.63, 3.8) is 0 Å². The zero-order chi connectivity index (χ0) is 15.1. The third-order valence-corrected chi connectivity index (χ3v) is 3.37. The van der Waals surface area contributed by atoms with Crippen LogP contribution in [0, 0.1) is 11.3 Å². The summed E-state index contributed by atoms with van der Waals surface area (Å²) in [5.41, 5.74) is 9.22. The minimum Gasteiger partial charge on any atom is -0.366 e. The van der Waals surface area contributed by atoms with E-state index in [0.29, 0.717) is 13.0 Å². The molecule has 0 spiro atoms. The molecule has 2 rings (SSSR count). The van der Waals surface area contributed by atoms with Gasteiger partial charge in [0.05, 0.1) is 12.5 Å². The van der Waals surface area contributed by atoms with E-state index in [1.807, 2.05) is 37.4 Å². The maximum atomic E-state index is 8.84. The Hall–Kier alpha value is -2.38. The van der Waals surface area contributed by atoms with Gasteiger partial charge in [-0.25, -0.2) is 0 Å². The van der Waals surface area contributed by atoms with Gasteiger partial charge in [0.15, 0.2) is 0 Å². The molecule has 108 valence electrons. The van der Waals surface area contributed by atoms with Crippen LogP contribution in [0.2, 0.25) is 0 Å². The van der Waals surface area contributed by atoms with E-state index in [1.165, 1.54) is 0 Å². The average molecular weight is 280 g/mol. The van der Waals surface area contributed by atoms with E-state index in [1.54, 1.807) is 6.20 Å². The lowest BCUT2D eigenvalue weighted by Crippen LogP contribution is -2.23. The van der Waals surface area contributed by atoms with Crippen LogP contribution in [-0.2, 0) is 6.54 Å². The van der Waals surface area contributed by atoms with Crippen LogP contribution in [0.15, 0.2) is 48.8 Å². The Morgan fingerprint density at radius 1 is 1.29 bits per heavy atom. The molecule has 2 aromatic rings. The van der Waals surface area contributed by atoms with Crippen LogP contribution in [0.4, 0.5) is 5.69 Å². The Morgan fingerprint density at radius 3 is 2.62 bits per heavy atom. The van der Waals surface area contributed by atoms with Crippen LogP contribution in [0.25, 0.3) is 0 Å². The fourth-order valence-corrected chi connectivity index (χ4v) is 2.19. The number of anilines is 1. The van der Waals surface area contributed by atoms with Gasteiger partial charge in [-0.15, -0.1) is 0 Å². The zero-order valence-corrected chi connectivity index (χ0v) is 12.2. The summed E-state index contributed by atoms with van der Waals surface area (Å²) >= 11 is 0. The average Bonchev–Trinajstić information content (AvgIpc) is 2.52. The van der Waals surface area contributed by atoms with Gasteiger partial charge in [0.2, 0.25) is 0 Å². The highest BCUT2D eigenvalue weighted by Gasteiger charge is 2.08. The molecule has 1 aromatic carbocycles. The molecule has 4 nitrogen and oxygen atoms in total. The summed E-state index contributed by atoms with van der Waals surface area (Å²) in [5.74, 6) is 0. The minimum absolute atomic E-state index is 0.0323. The van der Waals surface area contributed by atoms with Crippen molar-refractivity contribution in [1.29, 1.82) is 5.26 Å². The van der Waals surface area contributed by atoms with Gasteiger partial charge in [-0.2, -0.15) is 5.26 Å². The van der Waals surface area contributed by atoms with Crippen molar-refractivity contribution in [3.05, 3.63) is 59.9 Å². The highest BCUT2D eigenvalue weighted by atomic mass is 15.1. The molecule has 1 unspecified atom stereocenters. The Morgan fingerprint density at radius 2 is 2.05 bits per heavy atom. The molecule has 1 heterocycles. The third-order valence-electron chi connectivity index (χ3n) is 3.37. The van der Waals surface area contributed by atoms with E-state index in [9.17, 15) is 0 Å². The van der Waals surface area contributed by atoms with Crippen molar-refractivity contribution in [2.45, 2.75) is 25.9 Å². The van der Waals surface area contributed by atoms with Crippen molar-refractivity contribution in [3.8, 4) is 6.07 Å². The first-order valence-corrected chi connectivity index (χ1v) is 7.07. The molecule has 2 N–H and O–H groups in total. The second-order valence-electron chi connectivity index (χ2n) is 5.07. The van der Waals surface area contributed by atoms with Gasteiger partial charge in [-0.05, 0) is 36.2 Å². The molecule has 1 atom stereocenters. The summed E-state index contributed by atoms with van der Waals surface area (Å²) in [7, 11) is 0. The molecule has 0 amide bonds. The lowest BCUT2D eigenvalue weighted by molar-refractivity contribution is 0.790. The number of nitrogens with two attached hydrogens (primary N) is 1. The van der Waals surface area contributed by atoms with Crippen molar-refractivity contribution < 1.29 is 0 Å². The number of aromatic nitrogens is 1. The van der Waals surface area contributed by atoms with Crippen LogP contribution < -0.4 is 10.6 Å². The fourth-order valence-electron chi connectivity index (χ4n) is 2.19. The Labute approximate surface area is 125 Å². The van der Waals surface area contributed by atoms with Gasteiger partial charge in [0.1, 0.15) is 0 Å². The zero-order valence-electron chi connectivity index (χ0n) is 12.2. The summed E-state index contributed by atoms with van der Waals surface area (Å²) < 4.78 is 0. The summed E-state index contributed by atoms with van der Waals surface area (Å²) in [5, 5.41) is 8.84. The van der Waals surface area contributed by atoms with Crippen LogP contribution >= 0.6 is 0 Å². The van der Waals surface area contributed by atoms with Gasteiger partial charge in [-0.3, -0.25) is 4.98 Å². The SMILES string of the molecule is CC(N)c1ccc(N(CCC#N)Cc2cccnc2)cc1. The maximum absolute atomic E-state index is 8.84. The summed E-state index contributed by atoms with van der Waals surface area (Å²) in [6.45, 7) is 3.41. The van der Waals surface area contributed by atoms with Crippen molar-refractivity contribution in [2.24, 2.45) is 5.73 Å². The van der Waals surface area contributed by atoms with Crippen LogP contribution in [0.3, 0.4) is 0 Å². The molecular formula is C17H20N4. The Kier molecular flexibility index (Phi) is 5.30. The van der Waals surface area contributed by atoms with Crippen molar-refractivity contribution >= 4 is 5.69 Å². The molecule has 21 heavy (non-hydrogen) atoms. The lowest BCUT2D eigenvalue weighted by atomic mass is 10.1. The number of rotatable bonds is 6. The second-order valence-corrected chi connectivity index (χ2v) is 5.07. The number of benzene rings is 1. The topological polar surface area (TPSA) is 65.9 Å². The number of hydrogen-bond acceptors (Lipinski definition) is 4. The standard InChI is InChI=1S/C17H20N4/c1-14(19)16-5-7-17(8-6-16)21(11-3-9-18)13-15-4-2-10-20-12-15/h2,4-8,10,12,14H,3,11,13,19H2,1H3. The van der Waals surface area contributed by atoms with Gasteiger partial charge in [-0.1, -0.05) is 18.2 Å². The first-order valence-electron chi connectivity index (χ1n) is 7.07. The first-order chi connectivity index (χ1) is 10.2. The molecule has 4 heteroatoms. The predicted octanol–water partition coefficient (Wildman–Crippen LogP) is 3.02. The monoisotopic (exact) mass is 280 g/mol. The number of pyridine rings is 1. The van der Waals surface area contributed by atoms with E-state index in [-0.39, 0.29) is 6.04 Å². The van der Waals surface area contributed by atoms with Gasteiger partial charge in [0.25, 0.3) is 0 Å². The first kappa shape index (κ1) is 15.0. The van der Waals surface area contributed by atoms with Gasteiger partial charge < -0.3 is 10.6 Å². The summed E-state index contributed by atoms with van der Waals surface area (Å²) in [4.78, 5) is 6.33. The highest BCUT2D eigenvalue weighted by Crippen LogP contribution is 2.20. The molecule has 0 aliphatic rings. The highest BCUT2D eigenvalue weighted by molar-refractivity contribution is 5.48. The third kappa shape index (κ3) is 4.30. The second kappa shape index (κ2) is 7.41. The van der Waals surface area contributed by atoms with Crippen LogP contribution in [0.1, 0.15) is 30.5 Å². The molecule has 0 saturated heterocycles. The Bertz CT molecular complexity index is 584. The minimum atomic E-state index is 0.0323. The quantitative estimate of drug-likeness (QED) is 0.883. The van der Waals surface area contributed by atoms with Crippen LogP contribution in [-0.4, -0.2) is 11.5 Å². The molecule has 0 saturated carbocycles. The van der Waals surface area contributed by atoms with E-state index in [0.717, 1.165) is 23.4 Å². The van der Waals surface area contributed by atoms with Crippen molar-refractivity contribution in [1.82, 2.24) is 4.98 Å². The lowest BCUT2D eigenvalue weighted by Gasteiger charge is -2.24. The largest absolute Gasteiger partial charge is 0.366 e. The van der Waals surface area contributed by atoms with E-state index >= 15 is 0 Å². The van der Waals surface area contributed by atoms with E-state index in [2.05, 4.69) is 28.1 Å². The molecular weight excluding hydrogens is 260 g/mol. The van der Waals surface area contributed by atoms with Crippen LogP contribution in [0.5, 0.6) is 0 Å². The molecule has 0 radical (unpaired) electrons. The fraction of sp³-hybridized carbons (Fsp3) is 0.294. The number of nitriles is 1. The molecule has 0 aliphatic heterocycles. The molecule has 0 aliphatic carbocycles. The van der Waals surface area contributed by atoms with Crippen molar-refractivity contribution in [2.75, 3.05) is 11.4 Å². The number of nitrogens with zero attached hydrogens (tertiary/aromatic N) is 3. The molecule has 0 bridgehead atoms. The van der Waals surface area contributed by atoms with Gasteiger partial charge >= 0.3 is 0 Å². The maximum Gasteiger partial charge on any atom is 0.0640 e. The normalized spacial score (nSPS) is 11.7. The molecule has 1 aromatic heterocycles. The summed E-state index contributed by atoms with van der Waals surface area (Å²) in [6.07, 6.45) is 4.12. The predicted molar refractivity (Wildman–Crippen MR) is 84.6 cm³/mol. The van der Waals surface area contributed by atoms with Gasteiger partial charge in [0, 0.05) is 37.2 Å².